The molecular weight excluding hydrogens is 745 g/mol. The maximum atomic E-state index is 13.2. The van der Waals surface area contributed by atoms with Gasteiger partial charge in [-0.15, -0.1) is 0 Å². The van der Waals surface area contributed by atoms with Crippen molar-refractivity contribution in [3.63, 3.8) is 0 Å². The second kappa shape index (κ2) is 19.4. The van der Waals surface area contributed by atoms with E-state index in [4.69, 9.17) is 9.47 Å². The van der Waals surface area contributed by atoms with Gasteiger partial charge in [0.1, 0.15) is 0 Å². The van der Waals surface area contributed by atoms with Crippen molar-refractivity contribution < 1.29 is 19.1 Å². The standard InChI is InChI=1S/2C26H34N2O2/c2*1-26(2,30-3)22-11-13-23(14-12-22)28-18-15-21(25(28)29)19-20-9-5-6-10-24(20)27-16-7-4-8-17-27/h2*5-6,9-14,21H,4,7-8,15-19H2,1-3H3/t21-;/m1./s1. The molecule has 0 saturated carbocycles. The molecular formula is C52H68N4O4. The molecule has 2 amide bonds. The third kappa shape index (κ3) is 9.92. The van der Waals surface area contributed by atoms with E-state index in [-0.39, 0.29) is 34.9 Å². The van der Waals surface area contributed by atoms with Crippen molar-refractivity contribution in [1.29, 1.82) is 0 Å². The maximum Gasteiger partial charge on any atom is 0.230 e. The van der Waals surface area contributed by atoms with Crippen molar-refractivity contribution in [2.45, 2.75) is 103 Å². The van der Waals surface area contributed by atoms with Crippen molar-refractivity contribution >= 4 is 34.6 Å². The molecule has 8 rings (SSSR count). The van der Waals surface area contributed by atoms with E-state index in [9.17, 15) is 9.59 Å². The van der Waals surface area contributed by atoms with E-state index >= 15 is 0 Å². The first-order valence-electron chi connectivity index (χ1n) is 22.6. The van der Waals surface area contributed by atoms with Gasteiger partial charge < -0.3 is 29.1 Å². The molecule has 1 unspecified atom stereocenters. The monoisotopic (exact) mass is 813 g/mol. The molecule has 4 fully saturated rings. The van der Waals surface area contributed by atoms with Crippen molar-refractivity contribution in [3.8, 4) is 0 Å². The predicted molar refractivity (Wildman–Crippen MR) is 246 cm³/mol. The smallest absolute Gasteiger partial charge is 0.230 e. The molecule has 4 aliphatic rings. The molecule has 4 aliphatic heterocycles. The molecule has 4 heterocycles. The van der Waals surface area contributed by atoms with Crippen molar-refractivity contribution in [1.82, 2.24) is 0 Å². The number of nitrogens with zero attached hydrogens (tertiary/aromatic N) is 4. The van der Waals surface area contributed by atoms with Gasteiger partial charge in [0.2, 0.25) is 11.8 Å². The summed E-state index contributed by atoms with van der Waals surface area (Å²) in [4.78, 5) is 35.4. The Balaban J connectivity index is 0.000000181. The van der Waals surface area contributed by atoms with Crippen LogP contribution in [0.2, 0.25) is 0 Å². The first-order valence-corrected chi connectivity index (χ1v) is 22.6. The number of methoxy groups -OCH3 is 2. The summed E-state index contributed by atoms with van der Waals surface area (Å²) in [5.41, 5.74) is 8.85. The second-order valence-electron chi connectivity index (χ2n) is 18.2. The summed E-state index contributed by atoms with van der Waals surface area (Å²) in [6.45, 7) is 14.3. The number of carbonyl (C=O) groups excluding carboxylic acids is 2. The van der Waals surface area contributed by atoms with E-state index in [2.05, 4.69) is 135 Å². The number of rotatable bonds is 12. The summed E-state index contributed by atoms with van der Waals surface area (Å²) < 4.78 is 11.1. The Labute approximate surface area is 359 Å². The number of piperidine rings is 2. The summed E-state index contributed by atoms with van der Waals surface area (Å²) in [6.07, 6.45) is 11.2. The number of hydrogen-bond acceptors (Lipinski definition) is 6. The molecule has 4 aromatic carbocycles. The van der Waals surface area contributed by atoms with E-state index in [1.165, 1.54) is 61.0 Å². The Morgan fingerprint density at radius 1 is 0.483 bits per heavy atom. The highest BCUT2D eigenvalue weighted by Crippen LogP contribution is 2.35. The molecule has 60 heavy (non-hydrogen) atoms. The summed E-state index contributed by atoms with van der Waals surface area (Å²) in [6, 6.07) is 33.9. The minimum Gasteiger partial charge on any atom is -0.374 e. The number of para-hydroxylation sites is 2. The highest BCUT2D eigenvalue weighted by molar-refractivity contribution is 5.98. The van der Waals surface area contributed by atoms with Crippen LogP contribution in [-0.4, -0.2) is 65.3 Å². The van der Waals surface area contributed by atoms with E-state index in [1.54, 1.807) is 14.2 Å². The molecule has 4 saturated heterocycles. The van der Waals surface area contributed by atoms with Crippen molar-refractivity contribution in [2.75, 3.05) is 73.1 Å². The van der Waals surface area contributed by atoms with Crippen molar-refractivity contribution in [2.24, 2.45) is 11.8 Å². The molecule has 0 bridgehead atoms. The van der Waals surface area contributed by atoms with Gasteiger partial charge in [-0.3, -0.25) is 9.59 Å². The molecule has 0 N–H and O–H groups in total. The third-order valence-corrected chi connectivity index (χ3v) is 13.7. The highest BCUT2D eigenvalue weighted by Gasteiger charge is 2.35. The van der Waals surface area contributed by atoms with Gasteiger partial charge in [-0.1, -0.05) is 60.7 Å². The normalized spacial score (nSPS) is 20.1. The first kappa shape index (κ1) is 43.4. The van der Waals surface area contributed by atoms with Crippen LogP contribution in [0.25, 0.3) is 0 Å². The quantitative estimate of drug-likeness (QED) is 0.142. The van der Waals surface area contributed by atoms with Gasteiger partial charge in [0.05, 0.1) is 11.2 Å². The fraction of sp³-hybridized carbons (Fsp3) is 0.500. The van der Waals surface area contributed by atoms with E-state index in [0.29, 0.717) is 0 Å². The Kier molecular flexibility index (Phi) is 14.0. The number of hydrogen-bond donors (Lipinski definition) is 0. The summed E-state index contributed by atoms with van der Waals surface area (Å²) in [5.74, 6) is 0.626. The number of benzene rings is 4. The zero-order valence-electron chi connectivity index (χ0n) is 37.1. The molecule has 0 radical (unpaired) electrons. The molecule has 0 aromatic heterocycles. The van der Waals surface area contributed by atoms with Crippen LogP contribution >= 0.6 is 0 Å². The van der Waals surface area contributed by atoms with Gasteiger partial charge in [0.25, 0.3) is 0 Å². The number of amides is 2. The van der Waals surface area contributed by atoms with Crippen LogP contribution in [0.5, 0.6) is 0 Å². The minimum absolute atomic E-state index is 0.0611. The molecule has 320 valence electrons. The average Bonchev–Trinajstić information content (AvgIpc) is 3.84. The van der Waals surface area contributed by atoms with Crippen LogP contribution in [0.1, 0.15) is 101 Å². The van der Waals surface area contributed by atoms with Gasteiger partial charge in [-0.2, -0.15) is 0 Å². The van der Waals surface area contributed by atoms with Crippen LogP contribution in [0.4, 0.5) is 22.7 Å². The fourth-order valence-corrected chi connectivity index (χ4v) is 9.48. The van der Waals surface area contributed by atoms with Crippen LogP contribution in [-0.2, 0) is 43.1 Å². The lowest BCUT2D eigenvalue weighted by Gasteiger charge is -2.31. The Morgan fingerprint density at radius 3 is 1.18 bits per heavy atom. The summed E-state index contributed by atoms with van der Waals surface area (Å²) in [7, 11) is 3.45. The lowest BCUT2D eigenvalue weighted by molar-refractivity contribution is -0.121. The van der Waals surface area contributed by atoms with E-state index in [0.717, 1.165) is 87.5 Å². The van der Waals surface area contributed by atoms with Gasteiger partial charge in [0, 0.05) is 88.1 Å². The topological polar surface area (TPSA) is 65.6 Å². The van der Waals surface area contributed by atoms with Crippen LogP contribution in [0.15, 0.2) is 97.1 Å². The average molecular weight is 813 g/mol. The molecule has 4 aromatic rings. The summed E-state index contributed by atoms with van der Waals surface area (Å²) >= 11 is 0. The predicted octanol–water partition coefficient (Wildman–Crippen LogP) is 10.3. The number of anilines is 4. The second-order valence-corrected chi connectivity index (χ2v) is 18.2. The van der Waals surface area contributed by atoms with Gasteiger partial charge in [0.15, 0.2) is 0 Å². The zero-order chi connectivity index (χ0) is 42.3. The number of ether oxygens (including phenoxy) is 2. The SMILES string of the molecule is COC(C)(C)c1ccc(N2CCC(Cc3ccccc3N3CCCCC3)C2=O)cc1.COC(C)(C)c1ccc(N2CC[C@H](Cc3ccccc3N3CCCCC3)C2=O)cc1. The van der Waals surface area contributed by atoms with Gasteiger partial charge in [-0.25, -0.2) is 0 Å². The summed E-state index contributed by atoms with van der Waals surface area (Å²) in [5, 5.41) is 0. The lowest BCUT2D eigenvalue weighted by Crippen LogP contribution is -2.31. The lowest BCUT2D eigenvalue weighted by atomic mass is 9.95. The highest BCUT2D eigenvalue weighted by atomic mass is 16.5. The number of carbonyl (C=O) groups is 2. The fourth-order valence-electron chi connectivity index (χ4n) is 9.48. The van der Waals surface area contributed by atoms with Crippen LogP contribution in [0.3, 0.4) is 0 Å². The largest absolute Gasteiger partial charge is 0.374 e. The Bertz CT molecular complexity index is 1880. The van der Waals surface area contributed by atoms with Crippen LogP contribution < -0.4 is 19.6 Å². The van der Waals surface area contributed by atoms with Crippen molar-refractivity contribution in [3.05, 3.63) is 119 Å². The van der Waals surface area contributed by atoms with E-state index < -0.39 is 0 Å². The molecule has 0 aliphatic carbocycles. The maximum absolute atomic E-state index is 13.2. The Hall–Kier alpha value is -4.66. The minimum atomic E-state index is -0.325. The molecule has 8 nitrogen and oxygen atoms in total. The Morgan fingerprint density at radius 2 is 0.833 bits per heavy atom. The molecule has 8 heteroatoms. The van der Waals surface area contributed by atoms with Gasteiger partial charge in [-0.05, 0) is 151 Å². The molecule has 2 atom stereocenters. The van der Waals surface area contributed by atoms with E-state index in [1.807, 2.05) is 9.80 Å². The first-order chi connectivity index (χ1) is 29.0. The van der Waals surface area contributed by atoms with Gasteiger partial charge >= 0.3 is 0 Å². The zero-order valence-corrected chi connectivity index (χ0v) is 37.1. The van der Waals surface area contributed by atoms with Crippen LogP contribution in [0, 0.1) is 11.8 Å². The molecule has 0 spiro atoms. The third-order valence-electron chi connectivity index (χ3n) is 13.7.